The average Bonchev–Trinajstić information content (AvgIpc) is 2.77. The highest BCUT2D eigenvalue weighted by molar-refractivity contribution is 6.26. The summed E-state index contributed by atoms with van der Waals surface area (Å²) in [6.07, 6.45) is 16.1. The molecule has 0 fully saturated rings. The predicted molar refractivity (Wildman–Crippen MR) is 141 cm³/mol. The third kappa shape index (κ3) is 8.57. The summed E-state index contributed by atoms with van der Waals surface area (Å²) in [5, 5.41) is 0. The Morgan fingerprint density at radius 2 is 1.42 bits per heavy atom. The Balaban J connectivity index is 1.77. The maximum absolute atomic E-state index is 12.9. The van der Waals surface area contributed by atoms with Gasteiger partial charge in [0.15, 0.2) is 11.6 Å². The predicted octanol–water partition coefficient (Wildman–Crippen LogP) is 8.93. The van der Waals surface area contributed by atoms with Gasteiger partial charge in [0.05, 0.1) is 0 Å². The van der Waals surface area contributed by atoms with Crippen molar-refractivity contribution >= 4 is 11.6 Å². The van der Waals surface area contributed by atoms with Crippen molar-refractivity contribution in [2.75, 3.05) is 0 Å². The number of rotatable bonds is 13. The van der Waals surface area contributed by atoms with E-state index in [9.17, 15) is 9.59 Å². The molecule has 0 spiro atoms. The van der Waals surface area contributed by atoms with Gasteiger partial charge in [0.25, 0.3) is 0 Å². The zero-order chi connectivity index (χ0) is 24.4. The smallest absolute Gasteiger partial charge is 0.190 e. The van der Waals surface area contributed by atoms with E-state index in [0.717, 1.165) is 23.8 Å². The number of benzene rings is 1. The Labute approximate surface area is 202 Å². The van der Waals surface area contributed by atoms with Crippen LogP contribution in [-0.4, -0.2) is 11.6 Å². The first kappa shape index (κ1) is 27.0. The number of fused-ring (bicyclic) bond motifs is 1. The number of allylic oxidation sites excluding steroid dienone is 6. The van der Waals surface area contributed by atoms with Crippen molar-refractivity contribution in [1.29, 1.82) is 0 Å². The zero-order valence-corrected chi connectivity index (χ0v) is 21.7. The molecule has 1 aromatic carbocycles. The third-order valence-electron chi connectivity index (χ3n) is 6.90. The van der Waals surface area contributed by atoms with E-state index in [-0.39, 0.29) is 11.6 Å². The van der Waals surface area contributed by atoms with E-state index in [0.29, 0.717) is 34.6 Å². The highest BCUT2D eigenvalue weighted by atomic mass is 16.1. The molecule has 0 heterocycles. The van der Waals surface area contributed by atoms with E-state index in [1.807, 2.05) is 12.1 Å². The number of carbonyl (C=O) groups excluding carboxylic acids is 2. The first-order valence-electron chi connectivity index (χ1n) is 12.9. The highest BCUT2D eigenvalue weighted by Gasteiger charge is 2.28. The second-order valence-electron chi connectivity index (χ2n) is 10.6. The van der Waals surface area contributed by atoms with Crippen LogP contribution in [0.5, 0.6) is 0 Å². The Bertz CT molecular complexity index is 897. The zero-order valence-electron chi connectivity index (χ0n) is 21.7. The molecule has 0 saturated heterocycles. The van der Waals surface area contributed by atoms with Crippen molar-refractivity contribution in [3.05, 3.63) is 70.3 Å². The van der Waals surface area contributed by atoms with Gasteiger partial charge < -0.3 is 0 Å². The van der Waals surface area contributed by atoms with E-state index in [4.69, 9.17) is 0 Å². The topological polar surface area (TPSA) is 34.1 Å². The normalized spacial score (nSPS) is 16.6. The maximum atomic E-state index is 12.9. The van der Waals surface area contributed by atoms with Crippen LogP contribution in [0, 0.1) is 17.8 Å². The van der Waals surface area contributed by atoms with Gasteiger partial charge in [-0.15, -0.1) is 0 Å². The van der Waals surface area contributed by atoms with Crippen molar-refractivity contribution < 1.29 is 9.59 Å². The number of hydrogen-bond donors (Lipinski definition) is 0. The molecule has 0 bridgehead atoms. The fourth-order valence-corrected chi connectivity index (χ4v) is 4.57. The van der Waals surface area contributed by atoms with Crippen LogP contribution in [0.2, 0.25) is 0 Å². The van der Waals surface area contributed by atoms with Crippen LogP contribution in [0.15, 0.2) is 59.2 Å². The highest BCUT2D eigenvalue weighted by Crippen LogP contribution is 2.28. The lowest BCUT2D eigenvalue weighted by Gasteiger charge is -2.18. The molecule has 2 rings (SSSR count). The lowest BCUT2D eigenvalue weighted by Crippen LogP contribution is -2.20. The van der Waals surface area contributed by atoms with Crippen molar-refractivity contribution in [1.82, 2.24) is 0 Å². The first-order valence-corrected chi connectivity index (χ1v) is 12.9. The van der Waals surface area contributed by atoms with Crippen LogP contribution in [0.25, 0.3) is 0 Å². The Morgan fingerprint density at radius 1 is 0.848 bits per heavy atom. The molecule has 0 aromatic heterocycles. The van der Waals surface area contributed by atoms with E-state index < -0.39 is 0 Å². The van der Waals surface area contributed by atoms with Crippen molar-refractivity contribution in [2.45, 2.75) is 92.9 Å². The molecule has 180 valence electrons. The Kier molecular flexibility index (Phi) is 11.0. The molecule has 0 aliphatic heterocycles. The van der Waals surface area contributed by atoms with E-state index in [1.54, 1.807) is 19.1 Å². The summed E-state index contributed by atoms with van der Waals surface area (Å²) < 4.78 is 0. The molecule has 1 aliphatic carbocycles. The van der Waals surface area contributed by atoms with Crippen LogP contribution in [-0.2, 0) is 0 Å². The van der Waals surface area contributed by atoms with Crippen molar-refractivity contribution in [3.8, 4) is 0 Å². The van der Waals surface area contributed by atoms with Crippen LogP contribution in [0.3, 0.4) is 0 Å². The lowest BCUT2D eigenvalue weighted by atomic mass is 9.83. The summed E-state index contributed by atoms with van der Waals surface area (Å²) >= 11 is 0. The molecule has 2 nitrogen and oxygen atoms in total. The SMILES string of the molecule is CC1=C(C/C=C(C)/C=C/CC(C)CCCC(C)CCCC(C)C)C(=O)c2ccccc2C1=O. The minimum absolute atomic E-state index is 0.0113. The van der Waals surface area contributed by atoms with Gasteiger partial charge in [0, 0.05) is 22.3 Å². The van der Waals surface area contributed by atoms with E-state index >= 15 is 0 Å². The largest absolute Gasteiger partial charge is 0.289 e. The number of ketones is 2. The maximum Gasteiger partial charge on any atom is 0.190 e. The third-order valence-corrected chi connectivity index (χ3v) is 6.90. The van der Waals surface area contributed by atoms with Gasteiger partial charge in [-0.1, -0.05) is 114 Å². The second kappa shape index (κ2) is 13.5. The summed E-state index contributed by atoms with van der Waals surface area (Å²) in [6, 6.07) is 7.13. The van der Waals surface area contributed by atoms with E-state index in [1.165, 1.54) is 38.5 Å². The van der Waals surface area contributed by atoms with Crippen molar-refractivity contribution in [2.24, 2.45) is 17.8 Å². The summed E-state index contributed by atoms with van der Waals surface area (Å²) in [7, 11) is 0. The molecule has 33 heavy (non-hydrogen) atoms. The molecule has 2 atom stereocenters. The van der Waals surface area contributed by atoms with Gasteiger partial charge in [-0.3, -0.25) is 9.59 Å². The minimum atomic E-state index is -0.0233. The summed E-state index contributed by atoms with van der Waals surface area (Å²) in [5.41, 5.74) is 3.41. The standard InChI is InChI=1S/C31H44O2/c1-22(2)12-9-13-23(3)14-10-15-24(4)16-11-17-25(5)20-21-27-26(6)30(32)28-18-7-8-19-29(28)31(27)33/h7-8,11,17-20,22-24H,9-10,12-16,21H2,1-6H3/b17-11+,25-20+. The van der Waals surface area contributed by atoms with Gasteiger partial charge in [0.2, 0.25) is 0 Å². The minimum Gasteiger partial charge on any atom is -0.289 e. The van der Waals surface area contributed by atoms with Gasteiger partial charge in [0.1, 0.15) is 0 Å². The van der Waals surface area contributed by atoms with Crippen LogP contribution < -0.4 is 0 Å². The molecule has 0 radical (unpaired) electrons. The first-order chi connectivity index (χ1) is 15.7. The second-order valence-corrected chi connectivity index (χ2v) is 10.6. The molecule has 1 aromatic rings. The van der Waals surface area contributed by atoms with Gasteiger partial charge in [-0.25, -0.2) is 0 Å². The average molecular weight is 449 g/mol. The Hall–Kier alpha value is -2.22. The fourth-order valence-electron chi connectivity index (χ4n) is 4.57. The van der Waals surface area contributed by atoms with Gasteiger partial charge in [-0.2, -0.15) is 0 Å². The number of hydrogen-bond acceptors (Lipinski definition) is 2. The number of Topliss-reactive ketones (excluding diaryl/α,β-unsaturated/α-hetero) is 2. The summed E-state index contributed by atoms with van der Waals surface area (Å²) in [4.78, 5) is 25.5. The molecule has 1 aliphatic rings. The quantitative estimate of drug-likeness (QED) is 0.282. The molecule has 0 N–H and O–H groups in total. The van der Waals surface area contributed by atoms with Crippen LogP contribution >= 0.6 is 0 Å². The van der Waals surface area contributed by atoms with Gasteiger partial charge in [-0.05, 0) is 44.4 Å². The molecular weight excluding hydrogens is 404 g/mol. The van der Waals surface area contributed by atoms with Crippen LogP contribution in [0.1, 0.15) is 114 Å². The summed E-state index contributed by atoms with van der Waals surface area (Å²) in [5.74, 6) is 2.32. The molecule has 2 heteroatoms. The molecular formula is C31H44O2. The fraction of sp³-hybridized carbons (Fsp3) is 0.548. The summed E-state index contributed by atoms with van der Waals surface area (Å²) in [6.45, 7) is 13.2. The molecule has 0 saturated carbocycles. The van der Waals surface area contributed by atoms with Crippen molar-refractivity contribution in [3.63, 3.8) is 0 Å². The lowest BCUT2D eigenvalue weighted by molar-refractivity contribution is 0.0973. The number of carbonyl (C=O) groups is 2. The Morgan fingerprint density at radius 3 is 2.06 bits per heavy atom. The van der Waals surface area contributed by atoms with E-state index in [2.05, 4.69) is 52.8 Å². The molecule has 2 unspecified atom stereocenters. The van der Waals surface area contributed by atoms with Crippen LogP contribution in [0.4, 0.5) is 0 Å². The monoisotopic (exact) mass is 448 g/mol. The van der Waals surface area contributed by atoms with Gasteiger partial charge >= 0.3 is 0 Å². The molecule has 0 amide bonds.